The number of nitrogens with zero attached hydrogens (tertiary/aromatic N) is 3. The number of pyridine rings is 1. The molecule has 1 saturated heterocycles. The van der Waals surface area contributed by atoms with Gasteiger partial charge in [0.2, 0.25) is 0 Å². The number of hydrogen-bond donors (Lipinski definition) is 1. The standard InChI is InChI=1S/C16H19BrN4O/c17-14-13-12(10-5-1-2-6-11(10)20-14)16(21-15(13)18)19-8-9-4-3-7-22-9/h9H,1-8H2,(H2,18,19,21)/t9-/m0/s1. The number of nitrogens with two attached hydrogens (primary N) is 1. The van der Waals surface area contributed by atoms with E-state index in [1.54, 1.807) is 0 Å². The monoisotopic (exact) mass is 362 g/mol. The molecule has 1 fully saturated rings. The van der Waals surface area contributed by atoms with Gasteiger partial charge in [0.1, 0.15) is 10.4 Å². The molecule has 2 aliphatic heterocycles. The maximum Gasteiger partial charge on any atom is 0.158 e. The Labute approximate surface area is 138 Å². The number of rotatable bonds is 2. The predicted octanol–water partition coefficient (Wildman–Crippen LogP) is 2.37. The summed E-state index contributed by atoms with van der Waals surface area (Å²) >= 11 is 3.56. The zero-order chi connectivity index (χ0) is 15.1. The lowest BCUT2D eigenvalue weighted by molar-refractivity contribution is 0.118. The summed E-state index contributed by atoms with van der Waals surface area (Å²) in [7, 11) is 0. The molecule has 0 amide bonds. The number of fused-ring (bicyclic) bond motifs is 3. The average molecular weight is 363 g/mol. The average Bonchev–Trinajstić information content (AvgIpc) is 3.13. The Morgan fingerprint density at radius 1 is 1.23 bits per heavy atom. The molecule has 1 atom stereocenters. The van der Waals surface area contributed by atoms with Crippen LogP contribution >= 0.6 is 15.9 Å². The third kappa shape index (κ3) is 2.38. The fourth-order valence-corrected chi connectivity index (χ4v) is 4.12. The second-order valence-electron chi connectivity index (χ2n) is 6.08. The summed E-state index contributed by atoms with van der Waals surface area (Å²) in [6.07, 6.45) is 6.91. The minimum atomic E-state index is 0.231. The summed E-state index contributed by atoms with van der Waals surface area (Å²) in [5.74, 6) is 1.29. The van der Waals surface area contributed by atoms with Crippen molar-refractivity contribution in [2.75, 3.05) is 13.2 Å². The lowest BCUT2D eigenvalue weighted by Gasteiger charge is -2.19. The van der Waals surface area contributed by atoms with Crippen LogP contribution in [0.3, 0.4) is 0 Å². The highest BCUT2D eigenvalue weighted by molar-refractivity contribution is 9.10. The van der Waals surface area contributed by atoms with Gasteiger partial charge in [-0.2, -0.15) is 0 Å². The SMILES string of the molecule is NC1=NC(=NC[C@@H]2CCCO2)c2c3c(nc(Br)c21)CCCC3. The van der Waals surface area contributed by atoms with Crippen molar-refractivity contribution in [2.45, 2.75) is 44.6 Å². The van der Waals surface area contributed by atoms with Crippen molar-refractivity contribution < 1.29 is 4.74 Å². The molecule has 0 saturated carbocycles. The predicted molar refractivity (Wildman–Crippen MR) is 89.7 cm³/mol. The molecule has 22 heavy (non-hydrogen) atoms. The highest BCUT2D eigenvalue weighted by Gasteiger charge is 2.30. The summed E-state index contributed by atoms with van der Waals surface area (Å²) < 4.78 is 6.45. The van der Waals surface area contributed by atoms with Crippen LogP contribution in [-0.4, -0.2) is 35.9 Å². The van der Waals surface area contributed by atoms with E-state index in [9.17, 15) is 0 Å². The van der Waals surface area contributed by atoms with Gasteiger partial charge in [0.15, 0.2) is 5.84 Å². The molecule has 6 heteroatoms. The van der Waals surface area contributed by atoms with Crippen LogP contribution in [-0.2, 0) is 17.6 Å². The van der Waals surface area contributed by atoms with E-state index in [-0.39, 0.29) is 6.10 Å². The van der Waals surface area contributed by atoms with Gasteiger partial charge in [-0.15, -0.1) is 0 Å². The lowest BCUT2D eigenvalue weighted by Crippen LogP contribution is -2.17. The van der Waals surface area contributed by atoms with Crippen LogP contribution in [0.4, 0.5) is 0 Å². The Morgan fingerprint density at radius 3 is 2.91 bits per heavy atom. The minimum Gasteiger partial charge on any atom is -0.383 e. The maximum absolute atomic E-state index is 6.12. The first kappa shape index (κ1) is 14.3. The first-order valence-electron chi connectivity index (χ1n) is 7.96. The van der Waals surface area contributed by atoms with Gasteiger partial charge in [0.05, 0.1) is 18.2 Å². The molecule has 3 heterocycles. The first-order valence-corrected chi connectivity index (χ1v) is 8.75. The van der Waals surface area contributed by atoms with Gasteiger partial charge in [0.25, 0.3) is 0 Å². The van der Waals surface area contributed by atoms with E-state index in [1.165, 1.54) is 24.1 Å². The fraction of sp³-hybridized carbons (Fsp3) is 0.562. The highest BCUT2D eigenvalue weighted by Crippen LogP contribution is 2.33. The Bertz CT molecular complexity index is 677. The van der Waals surface area contributed by atoms with Crippen molar-refractivity contribution >= 4 is 27.6 Å². The Kier molecular flexibility index (Phi) is 3.74. The number of ether oxygens (including phenoxy) is 1. The third-order valence-electron chi connectivity index (χ3n) is 4.60. The molecule has 5 nitrogen and oxygen atoms in total. The van der Waals surface area contributed by atoms with Crippen molar-refractivity contribution in [3.8, 4) is 0 Å². The van der Waals surface area contributed by atoms with Crippen molar-refractivity contribution in [3.63, 3.8) is 0 Å². The minimum absolute atomic E-state index is 0.231. The summed E-state index contributed by atoms with van der Waals surface area (Å²) in [6, 6.07) is 0. The van der Waals surface area contributed by atoms with Crippen LogP contribution < -0.4 is 5.73 Å². The largest absolute Gasteiger partial charge is 0.383 e. The van der Waals surface area contributed by atoms with Crippen LogP contribution in [0.5, 0.6) is 0 Å². The summed E-state index contributed by atoms with van der Waals surface area (Å²) in [6.45, 7) is 1.52. The normalized spacial score (nSPS) is 25.2. The number of aryl methyl sites for hydroxylation is 1. The van der Waals surface area contributed by atoms with Crippen LogP contribution in [0.2, 0.25) is 0 Å². The molecule has 116 valence electrons. The molecule has 0 radical (unpaired) electrons. The quantitative estimate of drug-likeness (QED) is 0.820. The summed E-state index contributed by atoms with van der Waals surface area (Å²) in [4.78, 5) is 13.9. The molecule has 0 spiro atoms. The van der Waals surface area contributed by atoms with E-state index >= 15 is 0 Å². The van der Waals surface area contributed by atoms with Crippen molar-refractivity contribution in [1.82, 2.24) is 4.98 Å². The zero-order valence-corrected chi connectivity index (χ0v) is 14.0. The van der Waals surface area contributed by atoms with Gasteiger partial charge in [-0.05, 0) is 60.0 Å². The van der Waals surface area contributed by atoms with E-state index in [1.807, 2.05) is 0 Å². The number of hydrogen-bond acceptors (Lipinski definition) is 4. The van der Waals surface area contributed by atoms with Crippen molar-refractivity contribution in [2.24, 2.45) is 15.7 Å². The van der Waals surface area contributed by atoms with E-state index in [0.29, 0.717) is 12.4 Å². The Morgan fingerprint density at radius 2 is 2.09 bits per heavy atom. The van der Waals surface area contributed by atoms with Crippen LogP contribution in [0.1, 0.15) is 48.1 Å². The van der Waals surface area contributed by atoms with Crippen LogP contribution in [0.25, 0.3) is 0 Å². The van der Waals surface area contributed by atoms with Gasteiger partial charge in [-0.25, -0.2) is 9.98 Å². The summed E-state index contributed by atoms with van der Waals surface area (Å²) in [5, 5.41) is 0. The molecule has 0 bridgehead atoms. The Balaban J connectivity index is 1.75. The van der Waals surface area contributed by atoms with Crippen LogP contribution in [0, 0.1) is 0 Å². The summed E-state index contributed by atoms with van der Waals surface area (Å²) in [5.41, 5.74) is 10.6. The molecule has 4 rings (SSSR count). The van der Waals surface area contributed by atoms with Gasteiger partial charge in [-0.1, -0.05) is 0 Å². The molecular weight excluding hydrogens is 344 g/mol. The number of aliphatic imine (C=N–C) groups is 2. The smallest absolute Gasteiger partial charge is 0.158 e. The second-order valence-corrected chi connectivity index (χ2v) is 6.83. The highest BCUT2D eigenvalue weighted by atomic mass is 79.9. The number of aromatic nitrogens is 1. The Hall–Kier alpha value is -1.27. The maximum atomic E-state index is 6.12. The van der Waals surface area contributed by atoms with E-state index in [2.05, 4.69) is 25.9 Å². The third-order valence-corrected chi connectivity index (χ3v) is 5.18. The zero-order valence-electron chi connectivity index (χ0n) is 12.4. The fourth-order valence-electron chi connectivity index (χ4n) is 3.51. The molecule has 0 unspecified atom stereocenters. The van der Waals surface area contributed by atoms with Crippen molar-refractivity contribution in [3.05, 3.63) is 27.0 Å². The number of amidine groups is 2. The molecule has 2 N–H and O–H groups in total. The molecular formula is C16H19BrN4O. The van der Waals surface area contributed by atoms with Gasteiger partial charge < -0.3 is 10.5 Å². The van der Waals surface area contributed by atoms with E-state index in [4.69, 9.17) is 15.5 Å². The lowest BCUT2D eigenvalue weighted by atomic mass is 9.90. The topological polar surface area (TPSA) is 72.9 Å². The van der Waals surface area contributed by atoms with Gasteiger partial charge in [-0.3, -0.25) is 4.99 Å². The van der Waals surface area contributed by atoms with E-state index in [0.717, 1.165) is 53.9 Å². The second kappa shape index (κ2) is 5.74. The first-order chi connectivity index (χ1) is 10.7. The molecule has 3 aliphatic rings. The van der Waals surface area contributed by atoms with Crippen molar-refractivity contribution in [1.29, 1.82) is 0 Å². The number of halogens is 1. The molecule has 1 aliphatic carbocycles. The molecule has 1 aromatic heterocycles. The molecule has 0 aromatic carbocycles. The molecule has 1 aromatic rings. The van der Waals surface area contributed by atoms with Crippen LogP contribution in [0.15, 0.2) is 14.6 Å². The van der Waals surface area contributed by atoms with E-state index < -0.39 is 0 Å². The van der Waals surface area contributed by atoms with Gasteiger partial charge in [0, 0.05) is 17.9 Å². The van der Waals surface area contributed by atoms with Gasteiger partial charge >= 0.3 is 0 Å².